The van der Waals surface area contributed by atoms with Gasteiger partial charge in [0, 0.05) is 45.3 Å². The van der Waals surface area contributed by atoms with E-state index in [1.54, 1.807) is 18.2 Å². The molecule has 2 fully saturated rings. The van der Waals surface area contributed by atoms with Crippen LogP contribution in [0.2, 0.25) is 0 Å². The van der Waals surface area contributed by atoms with Crippen LogP contribution in [0.25, 0.3) is 0 Å². The Balaban J connectivity index is 1.39. The van der Waals surface area contributed by atoms with Gasteiger partial charge in [0.05, 0.1) is 24.4 Å². The molecular weight excluding hydrogens is 384 g/mol. The van der Waals surface area contributed by atoms with Gasteiger partial charge in [-0.3, -0.25) is 14.3 Å². The van der Waals surface area contributed by atoms with Crippen molar-refractivity contribution < 1.29 is 19.1 Å². The molecule has 0 saturated carbocycles. The summed E-state index contributed by atoms with van der Waals surface area (Å²) in [5.74, 6) is 0.302. The van der Waals surface area contributed by atoms with Crippen LogP contribution in [0.5, 0.6) is 5.75 Å². The Morgan fingerprint density at radius 2 is 2.20 bits per heavy atom. The Morgan fingerprint density at radius 1 is 1.37 bits per heavy atom. The highest BCUT2D eigenvalue weighted by molar-refractivity contribution is 6.01. The van der Waals surface area contributed by atoms with Gasteiger partial charge in [0.25, 0.3) is 0 Å². The first-order valence-electron chi connectivity index (χ1n) is 10.3. The number of hydrogen-bond acceptors (Lipinski definition) is 5. The number of anilines is 1. The van der Waals surface area contributed by atoms with Crippen molar-refractivity contribution in [3.63, 3.8) is 0 Å². The van der Waals surface area contributed by atoms with Crippen LogP contribution in [0.1, 0.15) is 30.2 Å². The number of methoxy groups -OCH3 is 1. The SMILES string of the molecule is COc1ccc(C)cc1N1CC(C(=O)NC[C@@H]2CCO[C@H]2c2ccnn2C)CC1=O. The minimum absolute atomic E-state index is 0.0592. The highest BCUT2D eigenvalue weighted by Gasteiger charge is 2.37. The van der Waals surface area contributed by atoms with Crippen molar-refractivity contribution in [3.8, 4) is 5.75 Å². The maximum absolute atomic E-state index is 12.8. The molecule has 1 unspecified atom stereocenters. The van der Waals surface area contributed by atoms with E-state index >= 15 is 0 Å². The molecule has 160 valence electrons. The Hall–Kier alpha value is -2.87. The predicted octanol–water partition coefficient (Wildman–Crippen LogP) is 1.98. The molecule has 2 saturated heterocycles. The lowest BCUT2D eigenvalue weighted by Crippen LogP contribution is -2.36. The summed E-state index contributed by atoms with van der Waals surface area (Å²) in [6, 6.07) is 7.67. The number of aryl methyl sites for hydroxylation is 2. The molecular formula is C22H28N4O4. The van der Waals surface area contributed by atoms with E-state index in [0.717, 1.165) is 23.4 Å². The number of nitrogens with one attached hydrogen (secondary N) is 1. The number of carbonyl (C=O) groups excluding carboxylic acids is 2. The van der Waals surface area contributed by atoms with Gasteiger partial charge in [-0.2, -0.15) is 5.10 Å². The lowest BCUT2D eigenvalue weighted by atomic mass is 9.98. The van der Waals surface area contributed by atoms with Crippen molar-refractivity contribution in [1.82, 2.24) is 15.1 Å². The Bertz CT molecular complexity index is 941. The Kier molecular flexibility index (Phi) is 5.76. The summed E-state index contributed by atoms with van der Waals surface area (Å²) in [7, 11) is 3.48. The van der Waals surface area contributed by atoms with Gasteiger partial charge in [0.2, 0.25) is 11.8 Å². The molecule has 1 aromatic carbocycles. The summed E-state index contributed by atoms with van der Waals surface area (Å²) in [6.07, 6.45) is 2.77. The molecule has 1 aromatic heterocycles. The van der Waals surface area contributed by atoms with E-state index in [4.69, 9.17) is 9.47 Å². The zero-order valence-corrected chi connectivity index (χ0v) is 17.6. The summed E-state index contributed by atoms with van der Waals surface area (Å²) < 4.78 is 13.1. The van der Waals surface area contributed by atoms with E-state index < -0.39 is 0 Å². The third kappa shape index (κ3) is 3.92. The highest BCUT2D eigenvalue weighted by atomic mass is 16.5. The zero-order valence-electron chi connectivity index (χ0n) is 17.6. The molecule has 8 heteroatoms. The second-order valence-corrected chi connectivity index (χ2v) is 8.05. The standard InChI is InChI=1S/C22H28N4O4/c1-14-4-5-19(29-3)18(10-14)26-13-16(11-20(26)27)22(28)23-12-15-7-9-30-21(15)17-6-8-24-25(17)2/h4-6,8,10,15-16,21H,7,9,11-13H2,1-3H3,(H,23,28)/t15-,16?,21+/m0/s1. The molecule has 2 aliphatic rings. The Morgan fingerprint density at radius 3 is 2.93 bits per heavy atom. The number of benzene rings is 1. The summed E-state index contributed by atoms with van der Waals surface area (Å²) in [4.78, 5) is 27.1. The van der Waals surface area contributed by atoms with Gasteiger partial charge in [-0.1, -0.05) is 6.07 Å². The first-order chi connectivity index (χ1) is 14.5. The third-order valence-electron chi connectivity index (χ3n) is 6.02. The quantitative estimate of drug-likeness (QED) is 0.784. The van der Waals surface area contributed by atoms with Gasteiger partial charge in [-0.05, 0) is 37.1 Å². The summed E-state index contributed by atoms with van der Waals surface area (Å²) in [5, 5.41) is 7.27. The van der Waals surface area contributed by atoms with Crippen LogP contribution in [0.4, 0.5) is 5.69 Å². The summed E-state index contributed by atoms with van der Waals surface area (Å²) in [6.45, 7) is 3.51. The molecule has 4 rings (SSSR count). The summed E-state index contributed by atoms with van der Waals surface area (Å²) >= 11 is 0. The topological polar surface area (TPSA) is 85.7 Å². The lowest BCUT2D eigenvalue weighted by Gasteiger charge is -2.21. The fraction of sp³-hybridized carbons (Fsp3) is 0.500. The minimum Gasteiger partial charge on any atom is -0.495 e. The number of amides is 2. The molecule has 0 aliphatic carbocycles. The molecule has 8 nitrogen and oxygen atoms in total. The molecule has 2 aliphatic heterocycles. The Labute approximate surface area is 176 Å². The molecule has 30 heavy (non-hydrogen) atoms. The first-order valence-corrected chi connectivity index (χ1v) is 10.3. The van der Waals surface area contributed by atoms with E-state index in [-0.39, 0.29) is 36.2 Å². The minimum atomic E-state index is -0.375. The van der Waals surface area contributed by atoms with Crippen molar-refractivity contribution in [1.29, 1.82) is 0 Å². The van der Waals surface area contributed by atoms with E-state index in [0.29, 0.717) is 25.4 Å². The van der Waals surface area contributed by atoms with Crippen molar-refractivity contribution in [2.75, 3.05) is 31.7 Å². The van der Waals surface area contributed by atoms with E-state index in [2.05, 4.69) is 10.4 Å². The van der Waals surface area contributed by atoms with Crippen molar-refractivity contribution in [2.24, 2.45) is 18.9 Å². The van der Waals surface area contributed by atoms with Gasteiger partial charge in [0.15, 0.2) is 0 Å². The monoisotopic (exact) mass is 412 g/mol. The first kappa shape index (κ1) is 20.4. The van der Waals surface area contributed by atoms with Gasteiger partial charge < -0.3 is 19.7 Å². The summed E-state index contributed by atoms with van der Waals surface area (Å²) in [5.41, 5.74) is 2.77. The zero-order chi connectivity index (χ0) is 21.3. The smallest absolute Gasteiger partial charge is 0.227 e. The van der Waals surface area contributed by atoms with Crippen LogP contribution in [-0.4, -0.2) is 48.4 Å². The van der Waals surface area contributed by atoms with Gasteiger partial charge in [-0.25, -0.2) is 0 Å². The molecule has 2 aromatic rings. The van der Waals surface area contributed by atoms with Crippen molar-refractivity contribution >= 4 is 17.5 Å². The van der Waals surface area contributed by atoms with Crippen LogP contribution in [-0.2, 0) is 21.4 Å². The number of ether oxygens (including phenoxy) is 2. The number of nitrogens with zero attached hydrogens (tertiary/aromatic N) is 3. The van der Waals surface area contributed by atoms with Crippen LogP contribution in [0.15, 0.2) is 30.5 Å². The van der Waals surface area contributed by atoms with E-state index in [1.807, 2.05) is 42.9 Å². The normalized spacial score (nSPS) is 23.8. The number of hydrogen-bond donors (Lipinski definition) is 1. The number of carbonyl (C=O) groups is 2. The molecule has 0 spiro atoms. The number of rotatable bonds is 6. The molecule has 3 heterocycles. The second-order valence-electron chi connectivity index (χ2n) is 8.05. The molecule has 1 N–H and O–H groups in total. The maximum Gasteiger partial charge on any atom is 0.227 e. The van der Waals surface area contributed by atoms with E-state index in [9.17, 15) is 9.59 Å². The fourth-order valence-electron chi connectivity index (χ4n) is 4.34. The van der Waals surface area contributed by atoms with Crippen LogP contribution in [0.3, 0.4) is 0 Å². The maximum atomic E-state index is 12.8. The molecule has 3 atom stereocenters. The molecule has 2 amide bonds. The number of aromatic nitrogens is 2. The second kappa shape index (κ2) is 8.47. The molecule has 0 radical (unpaired) electrons. The van der Waals surface area contributed by atoms with Gasteiger partial charge in [0.1, 0.15) is 11.9 Å². The van der Waals surface area contributed by atoms with Crippen molar-refractivity contribution in [2.45, 2.75) is 25.9 Å². The molecule has 0 bridgehead atoms. The van der Waals surface area contributed by atoms with Gasteiger partial charge >= 0.3 is 0 Å². The lowest BCUT2D eigenvalue weighted by molar-refractivity contribution is -0.126. The van der Waals surface area contributed by atoms with Gasteiger partial charge in [-0.15, -0.1) is 0 Å². The van der Waals surface area contributed by atoms with E-state index in [1.165, 1.54) is 0 Å². The van der Waals surface area contributed by atoms with Crippen molar-refractivity contribution in [3.05, 3.63) is 41.7 Å². The highest BCUT2D eigenvalue weighted by Crippen LogP contribution is 2.35. The van der Waals surface area contributed by atoms with Crippen LogP contribution >= 0.6 is 0 Å². The largest absolute Gasteiger partial charge is 0.495 e. The average molecular weight is 412 g/mol. The third-order valence-corrected chi connectivity index (χ3v) is 6.02. The van der Waals surface area contributed by atoms with Crippen LogP contribution in [0, 0.1) is 18.8 Å². The van der Waals surface area contributed by atoms with Crippen LogP contribution < -0.4 is 15.0 Å². The fourth-order valence-corrected chi connectivity index (χ4v) is 4.34. The average Bonchev–Trinajstić information content (AvgIpc) is 3.45. The predicted molar refractivity (Wildman–Crippen MR) is 111 cm³/mol.